The molecule has 0 spiro atoms. The van der Waals surface area contributed by atoms with Crippen molar-refractivity contribution in [1.82, 2.24) is 15.0 Å². The normalized spacial score (nSPS) is 17.5. The zero-order valence-corrected chi connectivity index (χ0v) is 31.3. The van der Waals surface area contributed by atoms with E-state index in [2.05, 4.69) is 15.0 Å². The summed E-state index contributed by atoms with van der Waals surface area (Å²) in [6.07, 6.45) is -7.76. The van der Waals surface area contributed by atoms with Crippen molar-refractivity contribution in [3.8, 4) is 5.75 Å². The minimum absolute atomic E-state index is 0.0185. The number of carbonyl (C=O) groups excluding carboxylic acids is 1. The standard InChI is InChI=1S/C36H42F9N5O4S/c1-5-49(20-25-8-6-24(7-9-25)12-22(2)51)32-27(15-30(17-46-32)36(43,44)45)21-50(33-47-18-31(19-48-33)54-10-11-55(4,52)53)23(3)26-13-28(34(37,38)39)16-29(14-26)35(40,41)42/h13-19,23-25H,5-12,20-21H2,1-4H3/t23-,24-,25-/m1/s1. The second-order valence-corrected chi connectivity index (χ2v) is 16.1. The zero-order chi connectivity index (χ0) is 40.9. The molecule has 0 saturated heterocycles. The summed E-state index contributed by atoms with van der Waals surface area (Å²) in [4.78, 5) is 27.2. The fourth-order valence-corrected chi connectivity index (χ4v) is 6.95. The van der Waals surface area contributed by atoms with Crippen molar-refractivity contribution >= 4 is 27.4 Å². The molecule has 4 rings (SSSR count). The molecule has 3 aromatic rings. The van der Waals surface area contributed by atoms with Gasteiger partial charge in [0.2, 0.25) is 5.95 Å². The summed E-state index contributed by atoms with van der Waals surface area (Å²) in [7, 11) is -3.40. The summed E-state index contributed by atoms with van der Waals surface area (Å²) in [5, 5.41) is 0. The maximum Gasteiger partial charge on any atom is 0.417 e. The highest BCUT2D eigenvalue weighted by atomic mass is 32.2. The topological polar surface area (TPSA) is 106 Å². The van der Waals surface area contributed by atoms with Gasteiger partial charge in [0.1, 0.15) is 18.2 Å². The van der Waals surface area contributed by atoms with Gasteiger partial charge in [-0.1, -0.05) is 0 Å². The first-order chi connectivity index (χ1) is 25.4. The number of alkyl halides is 9. The number of sulfone groups is 1. The van der Waals surface area contributed by atoms with E-state index < -0.39 is 63.2 Å². The number of halogens is 9. The summed E-state index contributed by atoms with van der Waals surface area (Å²) in [6.45, 7) is 4.45. The summed E-state index contributed by atoms with van der Waals surface area (Å²) < 4.78 is 154. The predicted molar refractivity (Wildman–Crippen MR) is 186 cm³/mol. The van der Waals surface area contributed by atoms with Crippen LogP contribution in [0.2, 0.25) is 0 Å². The van der Waals surface area contributed by atoms with Crippen LogP contribution in [0.1, 0.15) is 86.7 Å². The Bertz CT molecular complexity index is 1850. The lowest BCUT2D eigenvalue weighted by Gasteiger charge is -2.35. The molecule has 0 radical (unpaired) electrons. The monoisotopic (exact) mass is 811 g/mol. The average molecular weight is 812 g/mol. The highest BCUT2D eigenvalue weighted by Crippen LogP contribution is 2.40. The van der Waals surface area contributed by atoms with E-state index in [9.17, 15) is 52.7 Å². The van der Waals surface area contributed by atoms with Gasteiger partial charge in [-0.15, -0.1) is 0 Å². The number of aromatic nitrogens is 3. The van der Waals surface area contributed by atoms with E-state index in [0.29, 0.717) is 37.8 Å². The van der Waals surface area contributed by atoms with Crippen LogP contribution >= 0.6 is 0 Å². The van der Waals surface area contributed by atoms with Crippen molar-refractivity contribution in [3.05, 3.63) is 70.7 Å². The van der Waals surface area contributed by atoms with Crippen LogP contribution in [-0.4, -0.2) is 60.9 Å². The van der Waals surface area contributed by atoms with Gasteiger partial charge in [0, 0.05) is 37.5 Å². The minimum atomic E-state index is -5.17. The highest BCUT2D eigenvalue weighted by molar-refractivity contribution is 7.90. The van der Waals surface area contributed by atoms with E-state index in [1.807, 2.05) is 0 Å². The van der Waals surface area contributed by atoms with Crippen LogP contribution in [-0.2, 0) is 39.7 Å². The average Bonchev–Trinajstić information content (AvgIpc) is 3.08. The zero-order valence-electron chi connectivity index (χ0n) is 30.5. The van der Waals surface area contributed by atoms with Crippen LogP contribution in [0.5, 0.6) is 5.75 Å². The molecule has 0 aliphatic heterocycles. The molecule has 1 atom stereocenters. The van der Waals surface area contributed by atoms with Gasteiger partial charge in [-0.25, -0.2) is 23.4 Å². The van der Waals surface area contributed by atoms with E-state index in [1.54, 1.807) is 11.8 Å². The lowest BCUT2D eigenvalue weighted by Crippen LogP contribution is -2.35. The van der Waals surface area contributed by atoms with Gasteiger partial charge in [-0.05, 0) is 88.1 Å². The Morgan fingerprint density at radius 3 is 1.87 bits per heavy atom. The number of ether oxygens (including phenoxy) is 1. The smallest absolute Gasteiger partial charge is 0.417 e. The Balaban J connectivity index is 1.80. The van der Waals surface area contributed by atoms with E-state index in [0.717, 1.165) is 55.3 Å². The van der Waals surface area contributed by atoms with Gasteiger partial charge in [0.05, 0.1) is 47.4 Å². The Morgan fingerprint density at radius 2 is 1.38 bits per heavy atom. The number of nitrogens with zero attached hydrogens (tertiary/aromatic N) is 5. The summed E-state index contributed by atoms with van der Waals surface area (Å²) >= 11 is 0. The molecule has 0 N–H and O–H groups in total. The number of anilines is 2. The highest BCUT2D eigenvalue weighted by Gasteiger charge is 2.39. The fraction of sp³-hybridized carbons (Fsp3) is 0.556. The lowest BCUT2D eigenvalue weighted by molar-refractivity contribution is -0.143. The third-order valence-electron chi connectivity index (χ3n) is 9.47. The first kappa shape index (κ1) is 43.6. The molecule has 55 heavy (non-hydrogen) atoms. The molecule has 0 bridgehead atoms. The molecule has 1 saturated carbocycles. The third-order valence-corrected chi connectivity index (χ3v) is 10.4. The Morgan fingerprint density at radius 1 is 0.836 bits per heavy atom. The number of Topliss-reactive ketones (excluding diaryl/α,β-unsaturated/α-hetero) is 1. The summed E-state index contributed by atoms with van der Waals surface area (Å²) in [5.74, 6) is -0.0931. The molecule has 1 aromatic carbocycles. The van der Waals surface area contributed by atoms with Crippen LogP contribution in [0.4, 0.5) is 51.3 Å². The number of hydrogen-bond donors (Lipinski definition) is 0. The Hall–Kier alpha value is -4.16. The number of ketones is 1. The van der Waals surface area contributed by atoms with Crippen LogP contribution in [0, 0.1) is 11.8 Å². The molecule has 2 aromatic heterocycles. The van der Waals surface area contributed by atoms with Gasteiger partial charge in [-0.2, -0.15) is 39.5 Å². The van der Waals surface area contributed by atoms with Gasteiger partial charge in [-0.3, -0.25) is 0 Å². The maximum atomic E-state index is 14.1. The third kappa shape index (κ3) is 12.4. The number of hydrogen-bond acceptors (Lipinski definition) is 9. The molecule has 1 aliphatic rings. The SMILES string of the molecule is CCN(C[C@H]1CC[C@H](CC(C)=O)CC1)c1ncc(C(F)(F)F)cc1CN(c1ncc(OCCS(C)(=O)=O)cn1)[C@H](C)c1cc(C(F)(F)F)cc(C(F)(F)F)c1. The molecule has 9 nitrogen and oxygen atoms in total. The van der Waals surface area contributed by atoms with E-state index in [1.165, 1.54) is 13.8 Å². The van der Waals surface area contributed by atoms with Crippen molar-refractivity contribution in [1.29, 1.82) is 0 Å². The van der Waals surface area contributed by atoms with Crippen molar-refractivity contribution in [3.63, 3.8) is 0 Å². The number of pyridine rings is 1. The van der Waals surface area contributed by atoms with Crippen LogP contribution < -0.4 is 14.5 Å². The molecular weight excluding hydrogens is 769 g/mol. The van der Waals surface area contributed by atoms with Gasteiger partial charge in [0.15, 0.2) is 15.6 Å². The van der Waals surface area contributed by atoms with Gasteiger partial charge >= 0.3 is 18.5 Å². The quantitative estimate of drug-likeness (QED) is 0.139. The number of benzene rings is 1. The van der Waals surface area contributed by atoms with E-state index in [4.69, 9.17) is 4.74 Å². The molecule has 1 fully saturated rings. The van der Waals surface area contributed by atoms with Crippen LogP contribution in [0.25, 0.3) is 0 Å². The molecule has 1 aliphatic carbocycles. The lowest BCUT2D eigenvalue weighted by atomic mass is 9.79. The maximum absolute atomic E-state index is 14.1. The molecule has 19 heteroatoms. The second-order valence-electron chi connectivity index (χ2n) is 13.9. The Kier molecular flexibility index (Phi) is 13.7. The van der Waals surface area contributed by atoms with Crippen LogP contribution in [0.3, 0.4) is 0 Å². The van der Waals surface area contributed by atoms with Crippen molar-refractivity contribution in [2.45, 2.75) is 84.0 Å². The first-order valence-corrected chi connectivity index (χ1v) is 19.5. The largest absolute Gasteiger partial charge is 0.489 e. The first-order valence-electron chi connectivity index (χ1n) is 17.4. The summed E-state index contributed by atoms with van der Waals surface area (Å²) in [6, 6.07) is 0.476. The van der Waals surface area contributed by atoms with Gasteiger partial charge < -0.3 is 19.3 Å². The van der Waals surface area contributed by atoms with Gasteiger partial charge in [0.25, 0.3) is 0 Å². The predicted octanol–water partition coefficient (Wildman–Crippen LogP) is 8.73. The molecular formula is C36H42F9N5O4S. The summed E-state index contributed by atoms with van der Waals surface area (Å²) in [5.41, 5.74) is -4.83. The Labute approximate surface area is 313 Å². The molecule has 0 unspecified atom stereocenters. The van der Waals surface area contributed by atoms with E-state index >= 15 is 0 Å². The second kappa shape index (κ2) is 17.3. The fourth-order valence-electron chi connectivity index (χ4n) is 6.57. The van der Waals surface area contributed by atoms with Crippen molar-refractivity contribution in [2.75, 3.05) is 41.5 Å². The minimum Gasteiger partial charge on any atom is -0.489 e. The number of carbonyl (C=O) groups is 1. The van der Waals surface area contributed by atoms with Crippen molar-refractivity contribution < 1.29 is 57.5 Å². The molecule has 304 valence electrons. The van der Waals surface area contributed by atoms with E-state index in [-0.39, 0.29) is 59.1 Å². The molecule has 2 heterocycles. The molecule has 0 amide bonds. The van der Waals surface area contributed by atoms with Crippen LogP contribution in [0.15, 0.2) is 42.9 Å². The van der Waals surface area contributed by atoms with Crippen molar-refractivity contribution in [2.24, 2.45) is 11.8 Å². The number of rotatable bonds is 15.